The first kappa shape index (κ1) is 13.3. The van der Waals surface area contributed by atoms with Gasteiger partial charge in [-0.05, 0) is 31.4 Å². The lowest BCUT2D eigenvalue weighted by Gasteiger charge is -2.19. The summed E-state index contributed by atoms with van der Waals surface area (Å²) < 4.78 is 0. The van der Waals surface area contributed by atoms with E-state index in [1.807, 2.05) is 13.0 Å². The maximum absolute atomic E-state index is 10.9. The number of nitrogens with zero attached hydrogens (tertiary/aromatic N) is 3. The lowest BCUT2D eigenvalue weighted by Crippen LogP contribution is -2.29. The quantitative estimate of drug-likeness (QED) is 0.658. The van der Waals surface area contributed by atoms with E-state index in [-0.39, 0.29) is 17.3 Å². The fourth-order valence-electron chi connectivity index (χ4n) is 2.41. The van der Waals surface area contributed by atoms with Gasteiger partial charge in [-0.2, -0.15) is 5.26 Å². The normalized spacial score (nSPS) is 20.1. The molecule has 6 nitrogen and oxygen atoms in total. The molecular formula is C13H16N4O2. The van der Waals surface area contributed by atoms with Gasteiger partial charge in [-0.1, -0.05) is 0 Å². The molecule has 1 heterocycles. The molecule has 0 amide bonds. The summed E-state index contributed by atoms with van der Waals surface area (Å²) in [5.41, 5.74) is 6.63. The molecule has 2 atom stereocenters. The van der Waals surface area contributed by atoms with Crippen LogP contribution in [0.25, 0.3) is 0 Å². The third-order valence-electron chi connectivity index (χ3n) is 3.63. The van der Waals surface area contributed by atoms with Gasteiger partial charge in [0.25, 0.3) is 5.69 Å². The summed E-state index contributed by atoms with van der Waals surface area (Å²) in [6.45, 7) is 3.63. The first-order valence-corrected chi connectivity index (χ1v) is 6.22. The van der Waals surface area contributed by atoms with E-state index >= 15 is 0 Å². The van der Waals surface area contributed by atoms with E-state index < -0.39 is 4.92 Å². The van der Waals surface area contributed by atoms with Crippen molar-refractivity contribution in [1.29, 1.82) is 5.26 Å². The van der Waals surface area contributed by atoms with Gasteiger partial charge in [0.1, 0.15) is 11.6 Å². The van der Waals surface area contributed by atoms with E-state index in [2.05, 4.69) is 4.90 Å². The zero-order chi connectivity index (χ0) is 14.0. The Bertz CT molecular complexity index is 536. The van der Waals surface area contributed by atoms with Crippen LogP contribution in [0, 0.1) is 27.4 Å². The Kier molecular flexibility index (Phi) is 3.67. The van der Waals surface area contributed by atoms with Crippen molar-refractivity contribution in [2.24, 2.45) is 11.7 Å². The summed E-state index contributed by atoms with van der Waals surface area (Å²) in [5, 5.41) is 19.8. The second-order valence-corrected chi connectivity index (χ2v) is 4.92. The molecule has 1 saturated heterocycles. The molecule has 0 radical (unpaired) electrons. The summed E-state index contributed by atoms with van der Waals surface area (Å²) in [4.78, 5) is 12.5. The molecule has 6 heteroatoms. The van der Waals surface area contributed by atoms with E-state index in [9.17, 15) is 10.1 Å². The maximum atomic E-state index is 10.9. The van der Waals surface area contributed by atoms with Crippen LogP contribution in [-0.2, 0) is 0 Å². The maximum Gasteiger partial charge on any atom is 0.289 e. The smallest absolute Gasteiger partial charge is 0.289 e. The Morgan fingerprint density at radius 3 is 2.89 bits per heavy atom. The van der Waals surface area contributed by atoms with E-state index in [1.54, 1.807) is 6.07 Å². The van der Waals surface area contributed by atoms with Crippen LogP contribution in [0.4, 0.5) is 11.4 Å². The monoisotopic (exact) mass is 260 g/mol. The van der Waals surface area contributed by atoms with Crippen molar-refractivity contribution < 1.29 is 4.92 Å². The Morgan fingerprint density at radius 1 is 1.63 bits per heavy atom. The Morgan fingerprint density at radius 2 is 2.37 bits per heavy atom. The summed E-state index contributed by atoms with van der Waals surface area (Å²) in [5.74, 6) is 0.412. The number of hydrogen-bond acceptors (Lipinski definition) is 5. The van der Waals surface area contributed by atoms with Gasteiger partial charge in [-0.25, -0.2) is 0 Å². The fraction of sp³-hybridized carbons (Fsp3) is 0.462. The molecule has 0 aliphatic carbocycles. The van der Waals surface area contributed by atoms with Crippen molar-refractivity contribution >= 4 is 11.4 Å². The van der Waals surface area contributed by atoms with Crippen LogP contribution in [0.5, 0.6) is 0 Å². The van der Waals surface area contributed by atoms with Crippen molar-refractivity contribution in [2.45, 2.75) is 19.4 Å². The molecule has 2 unspecified atom stereocenters. The minimum Gasteiger partial charge on any atom is -0.371 e. The second-order valence-electron chi connectivity index (χ2n) is 4.92. The molecule has 1 aromatic carbocycles. The van der Waals surface area contributed by atoms with Gasteiger partial charge in [0.05, 0.1) is 4.92 Å². The highest BCUT2D eigenvalue weighted by Crippen LogP contribution is 2.29. The Hall–Kier alpha value is -2.13. The van der Waals surface area contributed by atoms with Gasteiger partial charge >= 0.3 is 0 Å². The standard InChI is InChI=1S/C13H16N4O2/c1-9(15)11-4-5-16(8-11)12-3-2-10(7-14)13(6-12)17(18)19/h2-3,6,9,11H,4-5,8,15H2,1H3. The van der Waals surface area contributed by atoms with Crippen molar-refractivity contribution in [3.8, 4) is 6.07 Å². The summed E-state index contributed by atoms with van der Waals surface area (Å²) in [7, 11) is 0. The largest absolute Gasteiger partial charge is 0.371 e. The third kappa shape index (κ3) is 2.66. The molecule has 1 fully saturated rings. The van der Waals surface area contributed by atoms with E-state index in [0.717, 1.165) is 25.2 Å². The second kappa shape index (κ2) is 5.24. The summed E-state index contributed by atoms with van der Waals surface area (Å²) in [6.07, 6.45) is 0.992. The number of nitrogens with two attached hydrogens (primary N) is 1. The first-order valence-electron chi connectivity index (χ1n) is 6.22. The zero-order valence-corrected chi connectivity index (χ0v) is 10.7. The highest BCUT2D eigenvalue weighted by Gasteiger charge is 2.26. The molecule has 0 spiro atoms. The average Bonchev–Trinajstić information content (AvgIpc) is 2.87. The first-order chi connectivity index (χ1) is 9.02. The molecule has 19 heavy (non-hydrogen) atoms. The molecule has 2 N–H and O–H groups in total. The third-order valence-corrected chi connectivity index (χ3v) is 3.63. The van der Waals surface area contributed by atoms with Crippen molar-refractivity contribution in [1.82, 2.24) is 0 Å². The van der Waals surface area contributed by atoms with Crippen LogP contribution >= 0.6 is 0 Å². The van der Waals surface area contributed by atoms with Gasteiger partial charge in [0.2, 0.25) is 0 Å². The number of nitro benzene ring substituents is 1. The lowest BCUT2D eigenvalue weighted by molar-refractivity contribution is -0.385. The number of nitro groups is 1. The van der Waals surface area contributed by atoms with E-state index in [4.69, 9.17) is 11.0 Å². The SMILES string of the molecule is CC(N)C1CCN(c2ccc(C#N)c([N+](=O)[O-])c2)C1. The van der Waals surface area contributed by atoms with E-state index in [1.165, 1.54) is 12.1 Å². The highest BCUT2D eigenvalue weighted by atomic mass is 16.6. The number of benzene rings is 1. The summed E-state index contributed by atoms with van der Waals surface area (Å²) >= 11 is 0. The molecule has 1 aliphatic rings. The minimum absolute atomic E-state index is 0.0942. The molecule has 2 rings (SSSR count). The van der Waals surface area contributed by atoms with Crippen molar-refractivity contribution in [3.05, 3.63) is 33.9 Å². The van der Waals surface area contributed by atoms with Gasteiger partial charge in [-0.3, -0.25) is 10.1 Å². The highest BCUT2D eigenvalue weighted by molar-refractivity contribution is 5.60. The lowest BCUT2D eigenvalue weighted by atomic mass is 10.0. The number of nitriles is 1. The average molecular weight is 260 g/mol. The van der Waals surface area contributed by atoms with Crippen LogP contribution in [0.3, 0.4) is 0 Å². The Balaban J connectivity index is 2.25. The van der Waals surface area contributed by atoms with Gasteiger partial charge in [0, 0.05) is 30.9 Å². The molecule has 1 aliphatic heterocycles. The van der Waals surface area contributed by atoms with Crippen molar-refractivity contribution in [2.75, 3.05) is 18.0 Å². The molecule has 1 aromatic rings. The molecule has 100 valence electrons. The zero-order valence-electron chi connectivity index (χ0n) is 10.7. The molecular weight excluding hydrogens is 244 g/mol. The van der Waals surface area contributed by atoms with Gasteiger partial charge < -0.3 is 10.6 Å². The number of rotatable bonds is 3. The van der Waals surface area contributed by atoms with Crippen LogP contribution in [0.1, 0.15) is 18.9 Å². The van der Waals surface area contributed by atoms with E-state index in [0.29, 0.717) is 5.92 Å². The van der Waals surface area contributed by atoms with Gasteiger partial charge in [0.15, 0.2) is 0 Å². The van der Waals surface area contributed by atoms with Crippen LogP contribution < -0.4 is 10.6 Å². The fourth-order valence-corrected chi connectivity index (χ4v) is 2.41. The van der Waals surface area contributed by atoms with Crippen molar-refractivity contribution in [3.63, 3.8) is 0 Å². The van der Waals surface area contributed by atoms with Crippen LogP contribution in [-0.4, -0.2) is 24.1 Å². The topological polar surface area (TPSA) is 96.2 Å². The van der Waals surface area contributed by atoms with Crippen LogP contribution in [0.15, 0.2) is 18.2 Å². The number of hydrogen-bond donors (Lipinski definition) is 1. The molecule has 0 bridgehead atoms. The number of anilines is 1. The summed E-state index contributed by atoms with van der Waals surface area (Å²) in [6, 6.07) is 6.70. The predicted molar refractivity (Wildman–Crippen MR) is 71.8 cm³/mol. The Labute approximate surface area is 111 Å². The molecule has 0 aromatic heterocycles. The molecule has 0 saturated carbocycles. The predicted octanol–water partition coefficient (Wildman–Crippen LogP) is 1.64. The van der Waals surface area contributed by atoms with Crippen LogP contribution in [0.2, 0.25) is 0 Å². The van der Waals surface area contributed by atoms with Gasteiger partial charge in [-0.15, -0.1) is 0 Å². The minimum atomic E-state index is -0.513.